The number of rotatable bonds is 4. The summed E-state index contributed by atoms with van der Waals surface area (Å²) in [5.74, 6) is 0.622. The Hall–Kier alpha value is -0.590. The van der Waals surface area contributed by atoms with E-state index < -0.39 is 22.6 Å². The molecule has 0 spiro atoms. The number of aliphatic hydroxyl groups is 1. The van der Waals surface area contributed by atoms with Gasteiger partial charge in [-0.2, -0.15) is 0 Å². The van der Waals surface area contributed by atoms with Crippen molar-refractivity contribution in [2.75, 3.05) is 13.7 Å². The molecule has 84 valence electrons. The highest BCUT2D eigenvalue weighted by molar-refractivity contribution is 9.10. The topological polar surface area (TPSA) is 63.6 Å². The number of benzene rings is 1. The molecule has 1 atom stereocenters. The molecule has 15 heavy (non-hydrogen) atoms. The zero-order valence-corrected chi connectivity index (χ0v) is 10.5. The zero-order valence-electron chi connectivity index (χ0n) is 8.01. The van der Waals surface area contributed by atoms with Crippen molar-refractivity contribution in [3.63, 3.8) is 0 Å². The van der Waals surface area contributed by atoms with E-state index in [-0.39, 0.29) is 0 Å². The van der Waals surface area contributed by atoms with E-state index in [1.54, 1.807) is 18.2 Å². The molecule has 1 rings (SSSR count). The van der Waals surface area contributed by atoms with Crippen LogP contribution in [0.5, 0.6) is 5.75 Å². The molecule has 0 saturated carbocycles. The summed E-state index contributed by atoms with van der Waals surface area (Å²) in [5, 5.41) is 8.08. The van der Waals surface area contributed by atoms with Gasteiger partial charge in [-0.25, -0.2) is 8.42 Å². The Kier molecular flexibility index (Phi) is 4.56. The SMILES string of the molecule is COc1ccc(C(CO)[SH](=O)=O)cc1Br. The van der Waals surface area contributed by atoms with Gasteiger partial charge >= 0.3 is 0 Å². The Balaban J connectivity index is 3.10. The Labute approximate surface area is 98.0 Å². The summed E-state index contributed by atoms with van der Waals surface area (Å²) in [6, 6.07) is 4.90. The van der Waals surface area contributed by atoms with Gasteiger partial charge in [0.05, 0.1) is 18.2 Å². The number of aliphatic hydroxyl groups excluding tert-OH is 1. The maximum atomic E-state index is 10.8. The molecule has 0 fully saturated rings. The van der Waals surface area contributed by atoms with Crippen LogP contribution in [0.25, 0.3) is 0 Å². The first-order valence-electron chi connectivity index (χ1n) is 4.18. The van der Waals surface area contributed by atoms with Crippen molar-refractivity contribution in [1.82, 2.24) is 0 Å². The van der Waals surface area contributed by atoms with Gasteiger partial charge in [0.2, 0.25) is 0 Å². The first-order chi connectivity index (χ1) is 7.10. The van der Waals surface area contributed by atoms with Gasteiger partial charge in [0, 0.05) is 0 Å². The summed E-state index contributed by atoms with van der Waals surface area (Å²) in [4.78, 5) is 0. The minimum atomic E-state index is -2.68. The van der Waals surface area contributed by atoms with Crippen LogP contribution < -0.4 is 4.74 Å². The minimum absolute atomic E-state index is 0.419. The quantitative estimate of drug-likeness (QED) is 0.817. The summed E-state index contributed by atoms with van der Waals surface area (Å²) < 4.78 is 27.3. The van der Waals surface area contributed by atoms with E-state index in [1.165, 1.54) is 7.11 Å². The van der Waals surface area contributed by atoms with Crippen LogP contribution in [0.1, 0.15) is 10.8 Å². The molecule has 0 aliphatic heterocycles. The Morgan fingerprint density at radius 3 is 2.60 bits per heavy atom. The lowest BCUT2D eigenvalue weighted by Crippen LogP contribution is -2.05. The molecule has 1 aromatic rings. The summed E-state index contributed by atoms with van der Waals surface area (Å²) in [6.45, 7) is -0.419. The zero-order chi connectivity index (χ0) is 11.4. The predicted octanol–water partition coefficient (Wildman–Crippen LogP) is 1.10. The normalized spacial score (nSPS) is 12.8. The Morgan fingerprint density at radius 1 is 1.53 bits per heavy atom. The van der Waals surface area contributed by atoms with Crippen molar-refractivity contribution in [2.24, 2.45) is 0 Å². The van der Waals surface area contributed by atoms with Crippen LogP contribution in [-0.2, 0) is 10.7 Å². The maximum absolute atomic E-state index is 10.8. The van der Waals surface area contributed by atoms with Crippen LogP contribution in [0, 0.1) is 0 Å². The number of halogens is 1. The molecule has 0 radical (unpaired) electrons. The van der Waals surface area contributed by atoms with Crippen molar-refractivity contribution >= 4 is 26.6 Å². The summed E-state index contributed by atoms with van der Waals surface area (Å²) in [7, 11) is -1.15. The van der Waals surface area contributed by atoms with Crippen molar-refractivity contribution in [2.45, 2.75) is 5.25 Å². The lowest BCUT2D eigenvalue weighted by molar-refractivity contribution is 0.293. The van der Waals surface area contributed by atoms with Crippen LogP contribution in [0.3, 0.4) is 0 Å². The number of hydrogen-bond donors (Lipinski definition) is 2. The van der Waals surface area contributed by atoms with Crippen LogP contribution in [-0.4, -0.2) is 27.2 Å². The second-order valence-electron chi connectivity index (χ2n) is 2.88. The fraction of sp³-hybridized carbons (Fsp3) is 0.333. The average Bonchev–Trinajstić information content (AvgIpc) is 2.18. The van der Waals surface area contributed by atoms with Gasteiger partial charge < -0.3 is 9.84 Å². The number of ether oxygens (including phenoxy) is 1. The molecule has 1 unspecified atom stereocenters. The van der Waals surface area contributed by atoms with Crippen molar-refractivity contribution in [1.29, 1.82) is 0 Å². The lowest BCUT2D eigenvalue weighted by atomic mass is 10.1. The average molecular weight is 295 g/mol. The number of methoxy groups -OCH3 is 1. The van der Waals surface area contributed by atoms with E-state index in [0.29, 0.717) is 15.8 Å². The Bertz CT molecular complexity index is 409. The van der Waals surface area contributed by atoms with Gasteiger partial charge in [-0.05, 0) is 33.6 Å². The fourth-order valence-electron chi connectivity index (χ4n) is 1.18. The first kappa shape index (κ1) is 12.5. The molecular formula is C9H11BrO4S. The number of thiol groups is 1. The number of hydrogen-bond acceptors (Lipinski definition) is 4. The molecular weight excluding hydrogens is 284 g/mol. The third kappa shape index (κ3) is 2.93. The molecule has 0 bridgehead atoms. The highest BCUT2D eigenvalue weighted by atomic mass is 79.9. The highest BCUT2D eigenvalue weighted by Gasteiger charge is 2.14. The second kappa shape index (κ2) is 5.48. The van der Waals surface area contributed by atoms with Gasteiger partial charge in [-0.15, -0.1) is 0 Å². The van der Waals surface area contributed by atoms with Gasteiger partial charge in [0.25, 0.3) is 0 Å². The molecule has 0 heterocycles. The predicted molar refractivity (Wildman–Crippen MR) is 60.8 cm³/mol. The van der Waals surface area contributed by atoms with Crippen molar-refractivity contribution in [3.05, 3.63) is 28.2 Å². The van der Waals surface area contributed by atoms with Gasteiger partial charge in [0.1, 0.15) is 21.7 Å². The second-order valence-corrected chi connectivity index (χ2v) is 4.93. The molecule has 0 aromatic heterocycles. The summed E-state index contributed by atoms with van der Waals surface area (Å²) in [6.07, 6.45) is 0. The third-order valence-electron chi connectivity index (χ3n) is 1.99. The molecule has 0 saturated heterocycles. The molecule has 0 aliphatic carbocycles. The maximum Gasteiger partial charge on any atom is 0.149 e. The minimum Gasteiger partial charge on any atom is -0.496 e. The van der Waals surface area contributed by atoms with E-state index in [0.717, 1.165) is 0 Å². The van der Waals surface area contributed by atoms with Crippen molar-refractivity contribution < 1.29 is 18.3 Å². The third-order valence-corrected chi connectivity index (χ3v) is 3.58. The summed E-state index contributed by atoms with van der Waals surface area (Å²) in [5.41, 5.74) is 0.543. The van der Waals surface area contributed by atoms with E-state index in [4.69, 9.17) is 9.84 Å². The van der Waals surface area contributed by atoms with Gasteiger partial charge in [0.15, 0.2) is 0 Å². The van der Waals surface area contributed by atoms with Crippen LogP contribution in [0.4, 0.5) is 0 Å². The van der Waals surface area contributed by atoms with Crippen LogP contribution in [0.2, 0.25) is 0 Å². The van der Waals surface area contributed by atoms with Gasteiger partial charge in [-0.1, -0.05) is 6.07 Å². The largest absolute Gasteiger partial charge is 0.496 e. The Morgan fingerprint density at radius 2 is 2.20 bits per heavy atom. The molecule has 4 nitrogen and oxygen atoms in total. The molecule has 1 aromatic carbocycles. The first-order valence-corrected chi connectivity index (χ1v) is 6.22. The van der Waals surface area contributed by atoms with Crippen molar-refractivity contribution in [3.8, 4) is 5.75 Å². The highest BCUT2D eigenvalue weighted by Crippen LogP contribution is 2.28. The van der Waals surface area contributed by atoms with Crippen LogP contribution in [0.15, 0.2) is 22.7 Å². The van der Waals surface area contributed by atoms with E-state index >= 15 is 0 Å². The fourth-order valence-corrected chi connectivity index (χ4v) is 2.28. The monoisotopic (exact) mass is 294 g/mol. The molecule has 6 heteroatoms. The molecule has 0 amide bonds. The van der Waals surface area contributed by atoms with E-state index in [9.17, 15) is 8.42 Å². The standard InChI is InChI=1S/C9H11BrO4S/c1-14-8-3-2-6(4-7(8)10)9(5-11)15(12)13/h2-4,9,11,15H,5H2,1H3. The molecule has 1 N–H and O–H groups in total. The van der Waals surface area contributed by atoms with Crippen LogP contribution >= 0.6 is 15.9 Å². The lowest BCUT2D eigenvalue weighted by Gasteiger charge is -2.09. The van der Waals surface area contributed by atoms with E-state index in [1.807, 2.05) is 0 Å². The van der Waals surface area contributed by atoms with E-state index in [2.05, 4.69) is 15.9 Å². The summed E-state index contributed by atoms with van der Waals surface area (Å²) >= 11 is 3.25. The molecule has 0 aliphatic rings. The smallest absolute Gasteiger partial charge is 0.149 e. The van der Waals surface area contributed by atoms with Gasteiger partial charge in [-0.3, -0.25) is 0 Å².